The van der Waals surface area contributed by atoms with Crippen LogP contribution in [0.2, 0.25) is 0 Å². The molecule has 0 heterocycles. The first-order valence-electron chi connectivity index (χ1n) is 2.00. The smallest absolute Gasteiger partial charge is 0.122 e. The van der Waals surface area contributed by atoms with Gasteiger partial charge in [-0.25, -0.2) is 0 Å². The topological polar surface area (TPSA) is 0 Å². The molecule has 0 aliphatic rings. The van der Waals surface area contributed by atoms with E-state index in [1.165, 1.54) is 0 Å². The van der Waals surface area contributed by atoms with Gasteiger partial charge in [0.15, 0.2) is 0 Å². The van der Waals surface area contributed by atoms with Crippen LogP contribution in [0.25, 0.3) is 0 Å². The summed E-state index contributed by atoms with van der Waals surface area (Å²) in [4.78, 5) is -0.147. The molecule has 5 heteroatoms. The Morgan fingerprint density at radius 1 is 1.33 bits per heavy atom. The van der Waals surface area contributed by atoms with Crippen LogP contribution >= 0.6 is 62.3 Å². The van der Waals surface area contributed by atoms with Gasteiger partial charge >= 0.3 is 0 Å². The Balaban J connectivity index is 4.02. The van der Waals surface area contributed by atoms with Gasteiger partial charge in [-0.05, 0) is 0 Å². The summed E-state index contributed by atoms with van der Waals surface area (Å²) in [7, 11) is 0. The highest BCUT2D eigenvalue weighted by molar-refractivity contribution is 9.09. The molecule has 54 valence electrons. The van der Waals surface area contributed by atoms with Crippen molar-refractivity contribution in [2.45, 2.75) is 4.83 Å². The van der Waals surface area contributed by atoms with Crippen molar-refractivity contribution in [1.29, 1.82) is 0 Å². The maximum Gasteiger partial charge on any atom is 0.122 e. The third-order valence-corrected chi connectivity index (χ3v) is 3.37. The summed E-state index contributed by atoms with van der Waals surface area (Å²) in [6.07, 6.45) is 0. The molecule has 0 aliphatic carbocycles. The lowest BCUT2D eigenvalue weighted by atomic mass is 10.5. The van der Waals surface area contributed by atoms with Gasteiger partial charge in [-0.1, -0.05) is 50.7 Å². The van der Waals surface area contributed by atoms with Crippen molar-refractivity contribution < 1.29 is 0 Å². The fourth-order valence-electron chi connectivity index (χ4n) is 0.186. The molecule has 1 atom stereocenters. The van der Waals surface area contributed by atoms with Crippen molar-refractivity contribution in [3.63, 3.8) is 0 Å². The van der Waals surface area contributed by atoms with Gasteiger partial charge in [0.1, 0.15) is 4.49 Å². The average molecular weight is 273 g/mol. The maximum atomic E-state index is 5.55. The van der Waals surface area contributed by atoms with Gasteiger partial charge < -0.3 is 0 Å². The van der Waals surface area contributed by atoms with E-state index in [4.69, 9.17) is 46.4 Å². The summed E-state index contributed by atoms with van der Waals surface area (Å²) in [6.45, 7) is 0. The van der Waals surface area contributed by atoms with Gasteiger partial charge in [-0.3, -0.25) is 0 Å². The molecule has 0 spiro atoms. The molecule has 0 bridgehead atoms. The second-order valence-electron chi connectivity index (χ2n) is 1.23. The molecule has 0 rings (SSSR count). The lowest BCUT2D eigenvalue weighted by molar-refractivity contribution is 1.26. The Morgan fingerprint density at radius 3 is 1.89 bits per heavy atom. The van der Waals surface area contributed by atoms with E-state index in [2.05, 4.69) is 15.9 Å². The molecule has 0 saturated carbocycles. The van der Waals surface area contributed by atoms with E-state index in [0.717, 1.165) is 0 Å². The molecular weight excluding hydrogens is 270 g/mol. The lowest BCUT2D eigenvalue weighted by Crippen LogP contribution is -1.98. The molecule has 1 unspecified atom stereocenters. The molecule has 0 amide bonds. The normalized spacial score (nSPS) is 13.0. The zero-order chi connectivity index (χ0) is 7.44. The molecule has 0 aromatic carbocycles. The highest BCUT2D eigenvalue weighted by Crippen LogP contribution is 2.26. The minimum Gasteiger partial charge on any atom is -0.125 e. The number of rotatable bonds is 2. The number of alkyl halides is 2. The number of allylic oxidation sites excluding steroid dienone is 1. The Hall–Kier alpha value is 1.38. The van der Waals surface area contributed by atoms with Crippen molar-refractivity contribution in [3.8, 4) is 0 Å². The Morgan fingerprint density at radius 2 is 1.78 bits per heavy atom. The highest BCUT2D eigenvalue weighted by atomic mass is 79.9. The van der Waals surface area contributed by atoms with E-state index in [-0.39, 0.29) is 9.32 Å². The molecule has 0 radical (unpaired) electrons. The highest BCUT2D eigenvalue weighted by Gasteiger charge is 2.09. The first kappa shape index (κ1) is 10.4. The van der Waals surface area contributed by atoms with Crippen LogP contribution in [-0.4, -0.2) is 10.7 Å². The average Bonchev–Trinajstić information content (AvgIpc) is 1.84. The largest absolute Gasteiger partial charge is 0.125 e. The maximum absolute atomic E-state index is 5.55. The van der Waals surface area contributed by atoms with Crippen LogP contribution in [0.3, 0.4) is 0 Å². The van der Waals surface area contributed by atoms with Gasteiger partial charge in [0.2, 0.25) is 0 Å². The number of hydrogen-bond donors (Lipinski definition) is 0. The van der Waals surface area contributed by atoms with Crippen molar-refractivity contribution >= 4 is 62.3 Å². The summed E-state index contributed by atoms with van der Waals surface area (Å²) in [5, 5.41) is 0.341. The summed E-state index contributed by atoms with van der Waals surface area (Å²) in [6, 6.07) is 0. The molecule has 0 aliphatic heterocycles. The van der Waals surface area contributed by atoms with Crippen LogP contribution in [0.5, 0.6) is 0 Å². The number of hydrogen-bond acceptors (Lipinski definition) is 0. The molecule has 0 aromatic rings. The van der Waals surface area contributed by atoms with E-state index < -0.39 is 0 Å². The van der Waals surface area contributed by atoms with E-state index in [0.29, 0.717) is 10.9 Å². The quantitative estimate of drug-likeness (QED) is 0.670. The molecule has 0 saturated heterocycles. The number of halogens is 5. The van der Waals surface area contributed by atoms with Crippen molar-refractivity contribution in [3.05, 3.63) is 9.52 Å². The van der Waals surface area contributed by atoms with Crippen molar-refractivity contribution in [2.24, 2.45) is 0 Å². The van der Waals surface area contributed by atoms with E-state index in [9.17, 15) is 0 Å². The lowest BCUT2D eigenvalue weighted by Gasteiger charge is -2.01. The molecule has 9 heavy (non-hydrogen) atoms. The van der Waals surface area contributed by atoms with Crippen molar-refractivity contribution in [1.82, 2.24) is 0 Å². The minimum atomic E-state index is -0.147. The third-order valence-electron chi connectivity index (χ3n) is 0.591. The predicted octanol–water partition coefficient (Wildman–Crippen LogP) is 3.87. The van der Waals surface area contributed by atoms with Gasteiger partial charge in [-0.15, -0.1) is 11.6 Å². The second kappa shape index (κ2) is 5.09. The molecule has 0 N–H and O–H groups in total. The van der Waals surface area contributed by atoms with Crippen LogP contribution in [0.4, 0.5) is 0 Å². The van der Waals surface area contributed by atoms with Crippen molar-refractivity contribution in [2.75, 3.05) is 5.88 Å². The van der Waals surface area contributed by atoms with E-state index in [1.54, 1.807) is 0 Å². The monoisotopic (exact) mass is 270 g/mol. The Bertz CT molecular complexity index is 118. The van der Waals surface area contributed by atoms with E-state index in [1.807, 2.05) is 0 Å². The minimum absolute atomic E-state index is 0.0548. The third kappa shape index (κ3) is 3.94. The molecule has 0 fully saturated rings. The van der Waals surface area contributed by atoms with Crippen LogP contribution in [0, 0.1) is 0 Å². The summed E-state index contributed by atoms with van der Waals surface area (Å²) in [5.74, 6) is 0.349. The second-order valence-corrected chi connectivity index (χ2v) is 4.00. The van der Waals surface area contributed by atoms with Gasteiger partial charge in [0.05, 0.1) is 9.86 Å². The van der Waals surface area contributed by atoms with Crippen LogP contribution in [0.15, 0.2) is 9.52 Å². The van der Waals surface area contributed by atoms with Crippen LogP contribution in [0.1, 0.15) is 0 Å². The zero-order valence-electron chi connectivity index (χ0n) is 4.17. The molecule has 0 aromatic heterocycles. The molecule has 0 nitrogen and oxygen atoms in total. The first-order valence-corrected chi connectivity index (χ1v) is 4.58. The standard InChI is InChI=1S/C4H3BrCl4/c5-2(1-6)3(7)4(8)9/h2H,1H2. The van der Waals surface area contributed by atoms with Gasteiger partial charge in [0, 0.05) is 5.88 Å². The fraction of sp³-hybridized carbons (Fsp3) is 0.500. The predicted molar refractivity (Wildman–Crippen MR) is 48.0 cm³/mol. The SMILES string of the molecule is ClCC(Br)C(Cl)=C(Cl)Cl. The van der Waals surface area contributed by atoms with Crippen LogP contribution in [-0.2, 0) is 0 Å². The Kier molecular flexibility index (Phi) is 5.87. The van der Waals surface area contributed by atoms with Crippen LogP contribution < -0.4 is 0 Å². The fourth-order valence-corrected chi connectivity index (χ4v) is 1.25. The van der Waals surface area contributed by atoms with Gasteiger partial charge in [-0.2, -0.15) is 0 Å². The summed E-state index contributed by atoms with van der Waals surface area (Å²) < 4.78 is 0.0548. The van der Waals surface area contributed by atoms with Gasteiger partial charge in [0.25, 0.3) is 0 Å². The summed E-state index contributed by atoms with van der Waals surface area (Å²) >= 11 is 24.8. The first-order chi connectivity index (χ1) is 4.09. The zero-order valence-corrected chi connectivity index (χ0v) is 8.78. The Labute approximate surface area is 82.2 Å². The molecular formula is C4H3BrCl4. The summed E-state index contributed by atoms with van der Waals surface area (Å²) in [5.41, 5.74) is 0. The van der Waals surface area contributed by atoms with E-state index >= 15 is 0 Å².